The van der Waals surface area contributed by atoms with E-state index in [4.69, 9.17) is 14.6 Å². The molecule has 0 aliphatic rings. The zero-order valence-electron chi connectivity index (χ0n) is 16.5. The van der Waals surface area contributed by atoms with Gasteiger partial charge in [0.2, 0.25) is 0 Å². The molecule has 2 aromatic rings. The van der Waals surface area contributed by atoms with Gasteiger partial charge in [0.1, 0.15) is 11.5 Å². The lowest BCUT2D eigenvalue weighted by Crippen LogP contribution is -2.19. The molecule has 3 N–H and O–H groups in total. The van der Waals surface area contributed by atoms with Crippen molar-refractivity contribution in [3.8, 4) is 11.5 Å². The van der Waals surface area contributed by atoms with Gasteiger partial charge in [-0.25, -0.2) is 4.79 Å². The van der Waals surface area contributed by atoms with Gasteiger partial charge in [-0.1, -0.05) is 26.0 Å². The molecule has 7 heteroatoms. The van der Waals surface area contributed by atoms with Gasteiger partial charge in [0.05, 0.1) is 14.2 Å². The van der Waals surface area contributed by atoms with Crippen molar-refractivity contribution >= 4 is 23.4 Å². The van der Waals surface area contributed by atoms with Crippen LogP contribution in [0.5, 0.6) is 11.5 Å². The molecular formula is C21H26N2O5. The number of carbonyl (C=O) groups excluding carboxylic acids is 1. The Bertz CT molecular complexity index is 823. The minimum absolute atomic E-state index is 0.0391. The average molecular weight is 386 g/mol. The molecule has 0 heterocycles. The van der Waals surface area contributed by atoms with Crippen LogP contribution in [0.15, 0.2) is 36.4 Å². The summed E-state index contributed by atoms with van der Waals surface area (Å²) in [6.45, 7) is 4.08. The summed E-state index contributed by atoms with van der Waals surface area (Å²) in [4.78, 5) is 23.1. The van der Waals surface area contributed by atoms with E-state index in [0.717, 1.165) is 11.1 Å². The van der Waals surface area contributed by atoms with Gasteiger partial charge in [-0.2, -0.15) is 0 Å². The van der Waals surface area contributed by atoms with Crippen LogP contribution in [0.25, 0.3) is 0 Å². The monoisotopic (exact) mass is 386 g/mol. The van der Waals surface area contributed by atoms with Gasteiger partial charge in [0.25, 0.3) is 0 Å². The van der Waals surface area contributed by atoms with Crippen molar-refractivity contribution in [1.82, 2.24) is 0 Å². The maximum Gasteiger partial charge on any atom is 0.323 e. The number of carbonyl (C=O) groups is 2. The molecule has 0 aromatic heterocycles. The molecule has 0 fully saturated rings. The highest BCUT2D eigenvalue weighted by Crippen LogP contribution is 2.38. The smallest absolute Gasteiger partial charge is 0.323 e. The van der Waals surface area contributed by atoms with Gasteiger partial charge in [-0.3, -0.25) is 4.79 Å². The lowest BCUT2D eigenvalue weighted by atomic mass is 10.00. The van der Waals surface area contributed by atoms with Crippen molar-refractivity contribution in [1.29, 1.82) is 0 Å². The summed E-state index contributed by atoms with van der Waals surface area (Å²) in [7, 11) is 3.15. The number of ether oxygens (including phenoxy) is 2. The lowest BCUT2D eigenvalue weighted by Gasteiger charge is -2.18. The van der Waals surface area contributed by atoms with Crippen molar-refractivity contribution in [2.45, 2.75) is 32.6 Å². The molecule has 2 amide bonds. The number of amides is 2. The van der Waals surface area contributed by atoms with Gasteiger partial charge in [0.15, 0.2) is 0 Å². The SMILES string of the molecule is COc1cc(NC(=O)Nc2cccc(CCC(=O)O)c2)cc(OC)c1C(C)C. The number of urea groups is 1. The number of aliphatic carboxylic acids is 1. The predicted octanol–water partition coefficient (Wildman–Crippen LogP) is 4.49. The highest BCUT2D eigenvalue weighted by Gasteiger charge is 2.16. The Hall–Kier alpha value is -3.22. The summed E-state index contributed by atoms with van der Waals surface area (Å²) in [6.07, 6.45) is 0.439. The van der Waals surface area contributed by atoms with Crippen molar-refractivity contribution in [3.05, 3.63) is 47.5 Å². The molecule has 150 valence electrons. The predicted molar refractivity (Wildman–Crippen MR) is 109 cm³/mol. The quantitative estimate of drug-likeness (QED) is 0.621. The summed E-state index contributed by atoms with van der Waals surface area (Å²) in [5.74, 6) is 0.616. The van der Waals surface area contributed by atoms with Gasteiger partial charge in [-0.15, -0.1) is 0 Å². The highest BCUT2D eigenvalue weighted by atomic mass is 16.5. The molecule has 28 heavy (non-hydrogen) atoms. The van der Waals surface area contributed by atoms with Crippen LogP contribution in [-0.4, -0.2) is 31.3 Å². The van der Waals surface area contributed by atoms with E-state index < -0.39 is 12.0 Å². The van der Waals surface area contributed by atoms with E-state index in [1.807, 2.05) is 19.9 Å². The molecule has 7 nitrogen and oxygen atoms in total. The van der Waals surface area contributed by atoms with Crippen LogP contribution in [0.3, 0.4) is 0 Å². The first-order valence-electron chi connectivity index (χ1n) is 8.98. The van der Waals surface area contributed by atoms with Gasteiger partial charge in [0, 0.05) is 35.5 Å². The van der Waals surface area contributed by atoms with E-state index >= 15 is 0 Å². The number of carboxylic acid groups (broad SMARTS) is 1. The first-order chi connectivity index (χ1) is 13.3. The maximum absolute atomic E-state index is 12.4. The topological polar surface area (TPSA) is 96.9 Å². The fraction of sp³-hybridized carbons (Fsp3) is 0.333. The molecule has 0 unspecified atom stereocenters. The first-order valence-corrected chi connectivity index (χ1v) is 8.98. The Kier molecular flexibility index (Phi) is 7.26. The molecule has 0 aliphatic heterocycles. The second kappa shape index (κ2) is 9.64. The average Bonchev–Trinajstić information content (AvgIpc) is 2.65. The molecule has 0 aliphatic carbocycles. The van der Waals surface area contributed by atoms with Crippen LogP contribution in [0.1, 0.15) is 37.3 Å². The lowest BCUT2D eigenvalue weighted by molar-refractivity contribution is -0.136. The zero-order valence-corrected chi connectivity index (χ0v) is 16.5. The Morgan fingerprint density at radius 3 is 2.14 bits per heavy atom. The zero-order chi connectivity index (χ0) is 20.7. The molecule has 0 radical (unpaired) electrons. The van der Waals surface area contributed by atoms with Crippen LogP contribution >= 0.6 is 0 Å². The second-order valence-corrected chi connectivity index (χ2v) is 6.62. The van der Waals surface area contributed by atoms with Crippen LogP contribution in [-0.2, 0) is 11.2 Å². The van der Waals surface area contributed by atoms with Crippen LogP contribution in [0, 0.1) is 0 Å². The van der Waals surface area contributed by atoms with Crippen LogP contribution in [0.4, 0.5) is 16.2 Å². The first kappa shape index (κ1) is 21.1. The molecule has 0 spiro atoms. The summed E-state index contributed by atoms with van der Waals surface area (Å²) < 4.78 is 10.9. The Morgan fingerprint density at radius 1 is 1.00 bits per heavy atom. The van der Waals surface area contributed by atoms with E-state index in [-0.39, 0.29) is 12.3 Å². The standard InChI is InChI=1S/C21H26N2O5/c1-13(2)20-17(27-3)11-16(12-18(20)28-4)23-21(26)22-15-7-5-6-14(10-15)8-9-19(24)25/h5-7,10-13H,8-9H2,1-4H3,(H,24,25)(H2,22,23,26). The van der Waals surface area contributed by atoms with Crippen molar-refractivity contribution in [3.63, 3.8) is 0 Å². The highest BCUT2D eigenvalue weighted by molar-refractivity contribution is 6.00. The number of methoxy groups -OCH3 is 2. The summed E-state index contributed by atoms with van der Waals surface area (Å²) in [5.41, 5.74) is 2.89. The van der Waals surface area contributed by atoms with Gasteiger partial charge < -0.3 is 25.2 Å². The Labute approximate surface area is 164 Å². The van der Waals surface area contributed by atoms with Gasteiger partial charge >= 0.3 is 12.0 Å². The fourth-order valence-electron chi connectivity index (χ4n) is 2.93. The summed E-state index contributed by atoms with van der Waals surface area (Å²) in [6, 6.07) is 10.2. The molecular weight excluding hydrogens is 360 g/mol. The number of hydrogen-bond acceptors (Lipinski definition) is 4. The number of hydrogen-bond donors (Lipinski definition) is 3. The van der Waals surface area contributed by atoms with E-state index in [2.05, 4.69) is 10.6 Å². The number of nitrogens with one attached hydrogen (secondary N) is 2. The number of aryl methyl sites for hydroxylation is 1. The molecule has 0 saturated heterocycles. The van der Waals surface area contributed by atoms with Crippen molar-refractivity contribution in [2.75, 3.05) is 24.9 Å². The molecule has 0 bridgehead atoms. The fourth-order valence-corrected chi connectivity index (χ4v) is 2.93. The third kappa shape index (κ3) is 5.64. The summed E-state index contributed by atoms with van der Waals surface area (Å²) in [5, 5.41) is 14.3. The van der Waals surface area contributed by atoms with Crippen LogP contribution < -0.4 is 20.1 Å². The van der Waals surface area contributed by atoms with Crippen molar-refractivity contribution < 1.29 is 24.2 Å². The number of benzene rings is 2. The van der Waals surface area contributed by atoms with E-state index in [0.29, 0.717) is 29.3 Å². The molecule has 2 rings (SSSR count). The Morgan fingerprint density at radius 2 is 1.61 bits per heavy atom. The second-order valence-electron chi connectivity index (χ2n) is 6.62. The Balaban J connectivity index is 2.13. The third-order valence-electron chi connectivity index (χ3n) is 4.19. The van der Waals surface area contributed by atoms with Crippen molar-refractivity contribution in [2.24, 2.45) is 0 Å². The molecule has 2 aromatic carbocycles. The number of carboxylic acids is 1. The number of rotatable bonds is 8. The molecule has 0 saturated carbocycles. The van der Waals surface area contributed by atoms with Crippen LogP contribution in [0.2, 0.25) is 0 Å². The minimum atomic E-state index is -0.858. The minimum Gasteiger partial charge on any atom is -0.496 e. The summed E-state index contributed by atoms with van der Waals surface area (Å²) >= 11 is 0. The maximum atomic E-state index is 12.4. The van der Waals surface area contributed by atoms with E-state index in [1.165, 1.54) is 0 Å². The normalized spacial score (nSPS) is 10.5. The molecule has 0 atom stereocenters. The van der Waals surface area contributed by atoms with E-state index in [9.17, 15) is 9.59 Å². The third-order valence-corrected chi connectivity index (χ3v) is 4.19. The largest absolute Gasteiger partial charge is 0.496 e. The van der Waals surface area contributed by atoms with E-state index in [1.54, 1.807) is 44.6 Å². The number of anilines is 2. The van der Waals surface area contributed by atoms with Gasteiger partial charge in [-0.05, 0) is 30.0 Å².